The van der Waals surface area contributed by atoms with Gasteiger partial charge in [-0.3, -0.25) is 0 Å². The molecule has 1 aromatic heterocycles. The summed E-state index contributed by atoms with van der Waals surface area (Å²) in [5.74, 6) is 0.0833. The molecule has 3 N–H and O–H groups in total. The van der Waals surface area contributed by atoms with Crippen molar-refractivity contribution in [1.82, 2.24) is 19.1 Å². The normalized spacial score (nSPS) is 16.2. The van der Waals surface area contributed by atoms with Crippen LogP contribution in [0.1, 0.15) is 57.0 Å². The standard InChI is InChI=1S/C33H46FN5O3S/c1-5-20-43(41,42)38-18-16-37(17-19-38)32(40)39(24-28(34)23-35)31(33(2,3)4)30-27(21-25-12-8-6-9-13-25)22-29(36-30)26-14-10-7-11-15-26/h6-15,22,28,31,36H,5,16-21,23-24,35H2,1-4H3/t28-,31-/m0/s1. The Morgan fingerprint density at radius 1 is 1.02 bits per heavy atom. The van der Waals surface area contributed by atoms with E-state index in [1.165, 1.54) is 4.31 Å². The fraction of sp³-hybridized carbons (Fsp3) is 0.485. The van der Waals surface area contributed by atoms with E-state index in [-0.39, 0.29) is 51.1 Å². The summed E-state index contributed by atoms with van der Waals surface area (Å²) in [6.45, 7) is 8.54. The molecule has 1 saturated heterocycles. The van der Waals surface area contributed by atoms with Crippen molar-refractivity contribution in [2.45, 2.75) is 52.8 Å². The topological polar surface area (TPSA) is 103 Å². The van der Waals surface area contributed by atoms with Crippen molar-refractivity contribution in [2.75, 3.05) is 45.0 Å². The first-order valence-corrected chi connectivity index (χ1v) is 16.7. The Morgan fingerprint density at radius 3 is 2.19 bits per heavy atom. The lowest BCUT2D eigenvalue weighted by Crippen LogP contribution is -2.57. The predicted molar refractivity (Wildman–Crippen MR) is 171 cm³/mol. The first kappa shape index (κ1) is 32.7. The van der Waals surface area contributed by atoms with Gasteiger partial charge in [0.2, 0.25) is 10.0 Å². The lowest BCUT2D eigenvalue weighted by molar-refractivity contribution is 0.0648. The first-order chi connectivity index (χ1) is 20.4. The average molecular weight is 612 g/mol. The molecular weight excluding hydrogens is 565 g/mol. The Balaban J connectivity index is 1.75. The summed E-state index contributed by atoms with van der Waals surface area (Å²) in [5, 5.41) is 0. The van der Waals surface area contributed by atoms with Gasteiger partial charge in [0.25, 0.3) is 0 Å². The third-order valence-electron chi connectivity index (χ3n) is 7.92. The zero-order chi connectivity index (χ0) is 31.2. The predicted octanol–water partition coefficient (Wildman–Crippen LogP) is 5.44. The first-order valence-electron chi connectivity index (χ1n) is 15.1. The molecule has 2 aromatic carbocycles. The number of urea groups is 1. The summed E-state index contributed by atoms with van der Waals surface area (Å²) in [6, 6.07) is 21.5. The number of amides is 2. The van der Waals surface area contributed by atoms with E-state index in [4.69, 9.17) is 5.73 Å². The zero-order valence-electron chi connectivity index (χ0n) is 25.8. The number of nitrogens with zero attached hydrogens (tertiary/aromatic N) is 3. The molecule has 0 bridgehead atoms. The SMILES string of the molecule is CCCS(=O)(=O)N1CCN(C(=O)N(C[C@@H](F)CN)[C@@H](c2[nH]c(-c3ccccc3)cc2Cc2ccccc2)C(C)(C)C)CC1. The van der Waals surface area contributed by atoms with Crippen LogP contribution >= 0.6 is 0 Å². The number of nitrogens with two attached hydrogens (primary N) is 1. The lowest BCUT2D eigenvalue weighted by Gasteiger charge is -2.44. The van der Waals surface area contributed by atoms with Crippen LogP contribution in [0.3, 0.4) is 0 Å². The van der Waals surface area contributed by atoms with Crippen LogP contribution in [0.25, 0.3) is 11.3 Å². The highest BCUT2D eigenvalue weighted by Gasteiger charge is 2.41. The van der Waals surface area contributed by atoms with Crippen molar-refractivity contribution in [3.05, 3.63) is 83.6 Å². The second kappa shape index (κ2) is 14.1. The molecule has 2 amide bonds. The van der Waals surface area contributed by atoms with Gasteiger partial charge < -0.3 is 20.5 Å². The van der Waals surface area contributed by atoms with Gasteiger partial charge in [0.1, 0.15) is 6.17 Å². The molecule has 234 valence electrons. The third kappa shape index (κ3) is 8.04. The van der Waals surface area contributed by atoms with Crippen molar-refractivity contribution in [3.8, 4) is 11.3 Å². The summed E-state index contributed by atoms with van der Waals surface area (Å²) < 4.78 is 41.9. The summed E-state index contributed by atoms with van der Waals surface area (Å²) in [7, 11) is -3.37. The molecule has 10 heteroatoms. The van der Waals surface area contributed by atoms with Crippen LogP contribution in [0, 0.1) is 5.41 Å². The molecule has 0 saturated carbocycles. The van der Waals surface area contributed by atoms with Crippen molar-refractivity contribution in [2.24, 2.45) is 11.1 Å². The van der Waals surface area contributed by atoms with Crippen molar-refractivity contribution in [3.63, 3.8) is 0 Å². The van der Waals surface area contributed by atoms with Crippen LogP contribution in [0.15, 0.2) is 66.7 Å². The van der Waals surface area contributed by atoms with Gasteiger partial charge in [-0.15, -0.1) is 0 Å². The number of carbonyl (C=O) groups excluding carboxylic acids is 1. The fourth-order valence-electron chi connectivity index (χ4n) is 5.86. The fourth-order valence-corrected chi connectivity index (χ4v) is 7.35. The Morgan fingerprint density at radius 2 is 1.63 bits per heavy atom. The van der Waals surface area contributed by atoms with Crippen LogP contribution in [-0.2, 0) is 16.4 Å². The minimum absolute atomic E-state index is 0.0833. The van der Waals surface area contributed by atoms with E-state index in [0.717, 1.165) is 28.1 Å². The average Bonchev–Trinajstić information content (AvgIpc) is 3.39. The summed E-state index contributed by atoms with van der Waals surface area (Å²) in [5.41, 5.74) is 10.2. The number of H-pyrrole nitrogens is 1. The van der Waals surface area contributed by atoms with E-state index in [1.807, 2.05) is 55.5 Å². The number of sulfonamides is 1. The summed E-state index contributed by atoms with van der Waals surface area (Å²) in [6.07, 6.45) is -0.245. The molecule has 0 unspecified atom stereocenters. The Bertz CT molecular complexity index is 1430. The maximum atomic E-state index is 15.2. The number of aromatic nitrogens is 1. The second-order valence-electron chi connectivity index (χ2n) is 12.4. The number of aromatic amines is 1. The number of nitrogens with one attached hydrogen (secondary N) is 1. The smallest absolute Gasteiger partial charge is 0.320 e. The highest BCUT2D eigenvalue weighted by molar-refractivity contribution is 7.89. The largest absolute Gasteiger partial charge is 0.356 e. The van der Waals surface area contributed by atoms with Gasteiger partial charge in [-0.05, 0) is 41.0 Å². The molecule has 1 aliphatic rings. The van der Waals surface area contributed by atoms with E-state index >= 15 is 4.39 Å². The van der Waals surface area contributed by atoms with E-state index < -0.39 is 27.7 Å². The zero-order valence-corrected chi connectivity index (χ0v) is 26.6. The van der Waals surface area contributed by atoms with Crippen molar-refractivity contribution < 1.29 is 17.6 Å². The van der Waals surface area contributed by atoms with E-state index in [9.17, 15) is 13.2 Å². The van der Waals surface area contributed by atoms with E-state index in [1.54, 1.807) is 9.80 Å². The molecule has 1 fully saturated rings. The molecule has 2 heterocycles. The van der Waals surface area contributed by atoms with Crippen LogP contribution in [0.2, 0.25) is 0 Å². The minimum Gasteiger partial charge on any atom is -0.356 e. The highest BCUT2D eigenvalue weighted by Crippen LogP contribution is 2.42. The van der Waals surface area contributed by atoms with Crippen LogP contribution in [0.4, 0.5) is 9.18 Å². The van der Waals surface area contributed by atoms with Gasteiger partial charge in [-0.2, -0.15) is 4.31 Å². The summed E-state index contributed by atoms with van der Waals surface area (Å²) in [4.78, 5) is 21.2. The number of hydrogen-bond acceptors (Lipinski definition) is 4. The third-order valence-corrected chi connectivity index (χ3v) is 10.00. The number of piperazine rings is 1. The van der Waals surface area contributed by atoms with Gasteiger partial charge >= 0.3 is 6.03 Å². The number of benzene rings is 2. The molecular formula is C33H46FN5O3S. The van der Waals surface area contributed by atoms with Crippen molar-refractivity contribution in [1.29, 1.82) is 0 Å². The second-order valence-corrected chi connectivity index (χ2v) is 14.5. The number of alkyl halides is 1. The minimum atomic E-state index is -3.37. The number of hydrogen-bond donors (Lipinski definition) is 2. The van der Waals surface area contributed by atoms with Crippen LogP contribution in [0.5, 0.6) is 0 Å². The number of halogens is 1. The lowest BCUT2D eigenvalue weighted by atomic mass is 9.81. The summed E-state index contributed by atoms with van der Waals surface area (Å²) >= 11 is 0. The van der Waals surface area contributed by atoms with Crippen LogP contribution in [-0.4, -0.2) is 84.7 Å². The molecule has 1 aliphatic heterocycles. The highest BCUT2D eigenvalue weighted by atomic mass is 32.2. The molecule has 0 radical (unpaired) electrons. The molecule has 2 atom stereocenters. The van der Waals surface area contributed by atoms with E-state index in [0.29, 0.717) is 12.8 Å². The van der Waals surface area contributed by atoms with Gasteiger partial charge in [-0.1, -0.05) is 88.4 Å². The Kier molecular flexibility index (Phi) is 10.7. The molecule has 4 rings (SSSR count). The Hall–Kier alpha value is -3.21. The van der Waals surface area contributed by atoms with Crippen molar-refractivity contribution >= 4 is 16.1 Å². The maximum absolute atomic E-state index is 15.2. The number of rotatable bonds is 11. The molecule has 0 aliphatic carbocycles. The maximum Gasteiger partial charge on any atom is 0.320 e. The molecule has 43 heavy (non-hydrogen) atoms. The number of carbonyl (C=O) groups is 1. The van der Waals surface area contributed by atoms with Gasteiger partial charge in [0, 0.05) is 44.1 Å². The Labute approximate surface area is 256 Å². The van der Waals surface area contributed by atoms with Gasteiger partial charge in [-0.25, -0.2) is 17.6 Å². The van der Waals surface area contributed by atoms with E-state index in [2.05, 4.69) is 44.0 Å². The molecule has 3 aromatic rings. The molecule has 8 nitrogen and oxygen atoms in total. The van der Waals surface area contributed by atoms with Gasteiger partial charge in [0.15, 0.2) is 0 Å². The monoisotopic (exact) mass is 611 g/mol. The quantitative estimate of drug-likeness (QED) is 0.302. The van der Waals surface area contributed by atoms with Gasteiger partial charge in [0.05, 0.1) is 18.3 Å². The van der Waals surface area contributed by atoms with Crippen LogP contribution < -0.4 is 5.73 Å². The molecule has 0 spiro atoms.